The molecule has 1 aliphatic heterocycles. The molecule has 2 nitrogen and oxygen atoms in total. The average Bonchev–Trinajstić information content (AvgIpc) is 2.33. The first-order valence-corrected chi connectivity index (χ1v) is 7.27. The first kappa shape index (κ1) is 12.9. The van der Waals surface area contributed by atoms with Crippen molar-refractivity contribution in [2.75, 3.05) is 18.0 Å². The van der Waals surface area contributed by atoms with Gasteiger partial charge in [-0.05, 0) is 56.8 Å². The van der Waals surface area contributed by atoms with Crippen LogP contribution in [-0.4, -0.2) is 19.1 Å². The lowest BCUT2D eigenvalue weighted by Gasteiger charge is -2.35. The predicted octanol–water partition coefficient (Wildman–Crippen LogP) is 3.33. The van der Waals surface area contributed by atoms with Gasteiger partial charge in [0, 0.05) is 22.7 Å². The summed E-state index contributed by atoms with van der Waals surface area (Å²) in [6.07, 6.45) is 4.93. The Bertz CT molecular complexity index is 378. The Morgan fingerprint density at radius 3 is 2.88 bits per heavy atom. The van der Waals surface area contributed by atoms with Gasteiger partial charge in [0.1, 0.15) is 0 Å². The van der Waals surface area contributed by atoms with Crippen molar-refractivity contribution in [2.24, 2.45) is 5.73 Å². The van der Waals surface area contributed by atoms with Gasteiger partial charge in [-0.15, -0.1) is 0 Å². The normalized spacial score (nSPS) is 20.6. The Morgan fingerprint density at radius 2 is 2.24 bits per heavy atom. The number of piperidine rings is 1. The van der Waals surface area contributed by atoms with Gasteiger partial charge in [0.15, 0.2) is 0 Å². The fourth-order valence-corrected chi connectivity index (χ4v) is 3.12. The van der Waals surface area contributed by atoms with Crippen molar-refractivity contribution in [3.8, 4) is 0 Å². The van der Waals surface area contributed by atoms with Crippen LogP contribution in [-0.2, 0) is 6.42 Å². The number of rotatable bonds is 3. The van der Waals surface area contributed by atoms with Crippen LogP contribution in [0.4, 0.5) is 5.69 Å². The maximum Gasteiger partial charge on any atom is 0.0380 e. The van der Waals surface area contributed by atoms with Crippen LogP contribution in [0.2, 0.25) is 0 Å². The van der Waals surface area contributed by atoms with Gasteiger partial charge in [-0.1, -0.05) is 22.0 Å². The molecular weight excluding hydrogens is 276 g/mol. The third kappa shape index (κ3) is 3.02. The number of halogens is 1. The zero-order valence-corrected chi connectivity index (χ0v) is 12.0. The molecule has 0 amide bonds. The molecule has 0 spiro atoms. The Hall–Kier alpha value is -0.540. The number of nitrogens with zero attached hydrogens (tertiary/aromatic N) is 1. The summed E-state index contributed by atoms with van der Waals surface area (Å²) in [5.41, 5.74) is 8.25. The first-order chi connectivity index (χ1) is 8.22. The van der Waals surface area contributed by atoms with Gasteiger partial charge in [0.05, 0.1) is 0 Å². The topological polar surface area (TPSA) is 29.3 Å². The lowest BCUT2D eigenvalue weighted by atomic mass is 10.0. The van der Waals surface area contributed by atoms with Crippen LogP contribution in [0.1, 0.15) is 31.7 Å². The third-order valence-corrected chi connectivity index (χ3v) is 4.32. The van der Waals surface area contributed by atoms with E-state index in [0.29, 0.717) is 12.6 Å². The molecule has 1 fully saturated rings. The Labute approximate surface area is 112 Å². The van der Waals surface area contributed by atoms with E-state index in [2.05, 4.69) is 46.0 Å². The molecule has 94 valence electrons. The van der Waals surface area contributed by atoms with E-state index in [-0.39, 0.29) is 0 Å². The summed E-state index contributed by atoms with van der Waals surface area (Å²) in [4.78, 5) is 2.51. The second-order valence-corrected chi connectivity index (χ2v) is 5.71. The second kappa shape index (κ2) is 5.87. The molecule has 0 radical (unpaired) electrons. The van der Waals surface area contributed by atoms with E-state index in [4.69, 9.17) is 5.73 Å². The summed E-state index contributed by atoms with van der Waals surface area (Å²) in [6.45, 7) is 4.21. The van der Waals surface area contributed by atoms with E-state index in [1.165, 1.54) is 41.5 Å². The molecule has 17 heavy (non-hydrogen) atoms. The van der Waals surface area contributed by atoms with Gasteiger partial charge in [0.25, 0.3) is 0 Å². The summed E-state index contributed by atoms with van der Waals surface area (Å²) >= 11 is 3.65. The molecular formula is C14H21BrN2. The largest absolute Gasteiger partial charge is 0.369 e. The van der Waals surface area contributed by atoms with E-state index >= 15 is 0 Å². The minimum Gasteiger partial charge on any atom is -0.369 e. The SMILES string of the molecule is CC1CCCCN1c1ccc(CCN)c(Br)c1. The van der Waals surface area contributed by atoms with Gasteiger partial charge in [-0.25, -0.2) is 0 Å². The molecule has 1 saturated heterocycles. The zero-order chi connectivity index (χ0) is 12.3. The summed E-state index contributed by atoms with van der Waals surface area (Å²) in [6, 6.07) is 7.34. The quantitative estimate of drug-likeness (QED) is 0.927. The molecule has 2 rings (SSSR count). The van der Waals surface area contributed by atoms with Crippen molar-refractivity contribution >= 4 is 21.6 Å². The van der Waals surface area contributed by atoms with Crippen molar-refractivity contribution in [1.82, 2.24) is 0 Å². The van der Waals surface area contributed by atoms with Crippen LogP contribution in [0.15, 0.2) is 22.7 Å². The lowest BCUT2D eigenvalue weighted by molar-refractivity contribution is 0.485. The minimum atomic E-state index is 0.663. The van der Waals surface area contributed by atoms with Crippen molar-refractivity contribution in [3.05, 3.63) is 28.2 Å². The molecule has 0 aromatic heterocycles. The Balaban J connectivity index is 2.18. The highest BCUT2D eigenvalue weighted by Gasteiger charge is 2.18. The van der Waals surface area contributed by atoms with Gasteiger partial charge in [-0.2, -0.15) is 0 Å². The van der Waals surface area contributed by atoms with Crippen LogP contribution in [0.5, 0.6) is 0 Å². The molecule has 1 aliphatic rings. The molecule has 0 bridgehead atoms. The number of benzene rings is 1. The van der Waals surface area contributed by atoms with E-state index in [1.807, 2.05) is 0 Å². The number of hydrogen-bond donors (Lipinski definition) is 1. The summed E-state index contributed by atoms with van der Waals surface area (Å²) < 4.78 is 1.19. The molecule has 0 saturated carbocycles. The molecule has 0 aliphatic carbocycles. The second-order valence-electron chi connectivity index (χ2n) is 4.85. The zero-order valence-electron chi connectivity index (χ0n) is 10.5. The van der Waals surface area contributed by atoms with Crippen molar-refractivity contribution in [2.45, 2.75) is 38.6 Å². The van der Waals surface area contributed by atoms with E-state index in [1.54, 1.807) is 0 Å². The molecule has 1 aromatic rings. The van der Waals surface area contributed by atoms with E-state index < -0.39 is 0 Å². The highest BCUT2D eigenvalue weighted by Crippen LogP contribution is 2.29. The lowest BCUT2D eigenvalue weighted by Crippen LogP contribution is -2.37. The molecule has 3 heteroatoms. The van der Waals surface area contributed by atoms with Crippen molar-refractivity contribution in [3.63, 3.8) is 0 Å². The van der Waals surface area contributed by atoms with E-state index in [0.717, 1.165) is 6.42 Å². The minimum absolute atomic E-state index is 0.663. The van der Waals surface area contributed by atoms with Crippen molar-refractivity contribution in [1.29, 1.82) is 0 Å². The van der Waals surface area contributed by atoms with Crippen LogP contribution >= 0.6 is 15.9 Å². The monoisotopic (exact) mass is 296 g/mol. The maximum atomic E-state index is 5.60. The summed E-state index contributed by atoms with van der Waals surface area (Å²) in [5, 5.41) is 0. The van der Waals surface area contributed by atoms with Crippen LogP contribution in [0, 0.1) is 0 Å². The maximum absolute atomic E-state index is 5.60. The van der Waals surface area contributed by atoms with E-state index in [9.17, 15) is 0 Å². The fourth-order valence-electron chi connectivity index (χ4n) is 2.55. The predicted molar refractivity (Wildman–Crippen MR) is 77.6 cm³/mol. The fraction of sp³-hybridized carbons (Fsp3) is 0.571. The van der Waals surface area contributed by atoms with Gasteiger partial charge in [0.2, 0.25) is 0 Å². The van der Waals surface area contributed by atoms with Crippen LogP contribution < -0.4 is 10.6 Å². The molecule has 1 aromatic carbocycles. The smallest absolute Gasteiger partial charge is 0.0380 e. The van der Waals surface area contributed by atoms with Crippen LogP contribution in [0.25, 0.3) is 0 Å². The van der Waals surface area contributed by atoms with Crippen LogP contribution in [0.3, 0.4) is 0 Å². The molecule has 1 atom stereocenters. The average molecular weight is 297 g/mol. The standard InChI is InChI=1S/C14H21BrN2/c1-11-4-2-3-9-17(11)13-6-5-12(7-8-16)14(15)10-13/h5-6,10-11H,2-4,7-9,16H2,1H3. The number of hydrogen-bond acceptors (Lipinski definition) is 2. The number of anilines is 1. The third-order valence-electron chi connectivity index (χ3n) is 3.58. The Kier molecular flexibility index (Phi) is 4.46. The highest BCUT2D eigenvalue weighted by atomic mass is 79.9. The van der Waals surface area contributed by atoms with Gasteiger partial charge < -0.3 is 10.6 Å². The van der Waals surface area contributed by atoms with Gasteiger partial charge >= 0.3 is 0 Å². The number of nitrogens with two attached hydrogens (primary N) is 1. The first-order valence-electron chi connectivity index (χ1n) is 6.47. The highest BCUT2D eigenvalue weighted by molar-refractivity contribution is 9.10. The summed E-state index contributed by atoms with van der Waals surface area (Å²) in [5.74, 6) is 0. The Morgan fingerprint density at radius 1 is 1.41 bits per heavy atom. The molecule has 1 unspecified atom stereocenters. The van der Waals surface area contributed by atoms with Gasteiger partial charge in [-0.3, -0.25) is 0 Å². The van der Waals surface area contributed by atoms with Crippen molar-refractivity contribution < 1.29 is 0 Å². The molecule has 2 N–H and O–H groups in total. The summed E-state index contributed by atoms with van der Waals surface area (Å²) in [7, 11) is 0. The molecule has 1 heterocycles.